The lowest BCUT2D eigenvalue weighted by Crippen LogP contribution is -2.35. The second-order valence-electron chi connectivity index (χ2n) is 7.82. The number of hydrogen-bond acceptors (Lipinski definition) is 5. The van der Waals surface area contributed by atoms with Crippen LogP contribution in [0.2, 0.25) is 0 Å². The lowest BCUT2D eigenvalue weighted by atomic mass is 10.1. The van der Waals surface area contributed by atoms with Gasteiger partial charge in [-0.05, 0) is 60.8 Å². The van der Waals surface area contributed by atoms with Gasteiger partial charge in [-0.15, -0.1) is 0 Å². The van der Waals surface area contributed by atoms with Gasteiger partial charge in [0.15, 0.2) is 0 Å². The summed E-state index contributed by atoms with van der Waals surface area (Å²) < 4.78 is 6.35. The van der Waals surface area contributed by atoms with Gasteiger partial charge in [0.25, 0.3) is 0 Å². The van der Waals surface area contributed by atoms with E-state index >= 15 is 0 Å². The lowest BCUT2D eigenvalue weighted by Gasteiger charge is -2.24. The maximum absolute atomic E-state index is 12.3. The van der Waals surface area contributed by atoms with E-state index in [-0.39, 0.29) is 12.0 Å². The number of amides is 1. The second-order valence-corrected chi connectivity index (χ2v) is 8.57. The first-order valence-corrected chi connectivity index (χ1v) is 9.57. The fraction of sp³-hybridized carbons (Fsp3) is 0.474. The number of carbonyl (C=O) groups is 1. The molecule has 7 heteroatoms. The van der Waals surface area contributed by atoms with Crippen molar-refractivity contribution >= 4 is 37.5 Å². The van der Waals surface area contributed by atoms with Crippen LogP contribution in [0.4, 0.5) is 4.79 Å². The van der Waals surface area contributed by atoms with Crippen LogP contribution in [0.15, 0.2) is 23.3 Å². The van der Waals surface area contributed by atoms with Gasteiger partial charge >= 0.3 is 6.09 Å². The van der Waals surface area contributed by atoms with Crippen LogP contribution in [-0.2, 0) is 11.3 Å². The first kappa shape index (κ1) is 17.4. The summed E-state index contributed by atoms with van der Waals surface area (Å²) in [5, 5.41) is 1.02. The predicted octanol–water partition coefficient (Wildman–Crippen LogP) is 4.01. The van der Waals surface area contributed by atoms with Gasteiger partial charge in [0, 0.05) is 36.2 Å². The van der Waals surface area contributed by atoms with E-state index < -0.39 is 5.60 Å². The maximum Gasteiger partial charge on any atom is 0.410 e. The Bertz CT molecular complexity index is 920. The van der Waals surface area contributed by atoms with Gasteiger partial charge in [0.1, 0.15) is 16.0 Å². The molecule has 1 saturated heterocycles. The molecule has 2 aliphatic heterocycles. The van der Waals surface area contributed by atoms with Crippen LogP contribution >= 0.6 is 15.9 Å². The molecule has 1 aromatic heterocycles. The van der Waals surface area contributed by atoms with Crippen molar-refractivity contribution in [3.05, 3.63) is 35.3 Å². The third-order valence-corrected chi connectivity index (χ3v) is 5.32. The van der Waals surface area contributed by atoms with E-state index in [1.807, 2.05) is 27.0 Å². The Kier molecular flexibility index (Phi) is 4.22. The topological polar surface area (TPSA) is 67.7 Å². The van der Waals surface area contributed by atoms with Crippen molar-refractivity contribution in [2.45, 2.75) is 45.3 Å². The quantitative estimate of drug-likeness (QED) is 0.703. The smallest absolute Gasteiger partial charge is 0.410 e. The molecule has 0 N–H and O–H groups in total. The maximum atomic E-state index is 12.3. The average Bonchev–Trinajstić information content (AvgIpc) is 3.19. The van der Waals surface area contributed by atoms with E-state index in [4.69, 9.17) is 9.72 Å². The van der Waals surface area contributed by atoms with Crippen LogP contribution in [0.25, 0.3) is 10.9 Å². The van der Waals surface area contributed by atoms with Crippen molar-refractivity contribution in [1.29, 1.82) is 0 Å². The summed E-state index contributed by atoms with van der Waals surface area (Å²) in [5.41, 5.74) is 2.73. The van der Waals surface area contributed by atoms with Crippen molar-refractivity contribution in [3.8, 4) is 0 Å². The Morgan fingerprint density at radius 1 is 1.35 bits per heavy atom. The largest absolute Gasteiger partial charge is 0.444 e. The molecule has 0 spiro atoms. The molecular formula is C19H21BrN4O2. The normalized spacial score (nSPS) is 19.6. The number of fused-ring (bicyclic) bond motifs is 2. The van der Waals surface area contributed by atoms with Gasteiger partial charge in [0.2, 0.25) is 0 Å². The highest BCUT2D eigenvalue weighted by molar-refractivity contribution is 9.18. The number of aromatic nitrogens is 2. The van der Waals surface area contributed by atoms with Crippen LogP contribution in [0, 0.1) is 0 Å². The summed E-state index contributed by atoms with van der Waals surface area (Å²) >= 11 is 3.50. The molecule has 0 saturated carbocycles. The minimum absolute atomic E-state index is 0.136. The van der Waals surface area contributed by atoms with Crippen LogP contribution in [0.5, 0.6) is 0 Å². The molecule has 1 fully saturated rings. The van der Waals surface area contributed by atoms with Crippen LogP contribution < -0.4 is 0 Å². The molecule has 0 aliphatic carbocycles. The number of aliphatic imine (C=N–C) groups is 1. The van der Waals surface area contributed by atoms with Crippen molar-refractivity contribution in [2.75, 3.05) is 13.1 Å². The highest BCUT2D eigenvalue weighted by Gasteiger charge is 2.32. The Balaban J connectivity index is 1.55. The number of ether oxygens (including phenoxy) is 1. The predicted molar refractivity (Wildman–Crippen MR) is 104 cm³/mol. The highest BCUT2D eigenvalue weighted by Crippen LogP contribution is 2.30. The van der Waals surface area contributed by atoms with Gasteiger partial charge < -0.3 is 9.64 Å². The molecule has 0 unspecified atom stereocenters. The summed E-state index contributed by atoms with van der Waals surface area (Å²) in [6.45, 7) is 7.60. The summed E-state index contributed by atoms with van der Waals surface area (Å²) in [5.74, 6) is 0.923. The summed E-state index contributed by atoms with van der Waals surface area (Å²) in [6, 6.07) is 4.17. The van der Waals surface area contributed by atoms with Crippen molar-refractivity contribution in [1.82, 2.24) is 14.9 Å². The third-order valence-electron chi connectivity index (χ3n) is 4.64. The minimum atomic E-state index is -0.482. The molecule has 26 heavy (non-hydrogen) atoms. The molecule has 136 valence electrons. The minimum Gasteiger partial charge on any atom is -0.444 e. The van der Waals surface area contributed by atoms with E-state index in [1.54, 1.807) is 4.90 Å². The number of benzene rings is 1. The number of hydrogen-bond donors (Lipinski definition) is 0. The van der Waals surface area contributed by atoms with Crippen LogP contribution in [-0.4, -0.2) is 44.3 Å². The summed E-state index contributed by atoms with van der Waals surface area (Å²) in [7, 11) is 0. The van der Waals surface area contributed by atoms with Gasteiger partial charge in [-0.2, -0.15) is 0 Å². The molecular weight excluding hydrogens is 396 g/mol. The Labute approximate surface area is 160 Å². The number of rotatable bonds is 1. The van der Waals surface area contributed by atoms with Crippen molar-refractivity contribution in [2.24, 2.45) is 4.99 Å². The van der Waals surface area contributed by atoms with E-state index in [1.165, 1.54) is 5.56 Å². The zero-order valence-electron chi connectivity index (χ0n) is 15.1. The lowest BCUT2D eigenvalue weighted by molar-refractivity contribution is 0.0292. The fourth-order valence-corrected chi connectivity index (χ4v) is 3.86. The zero-order valence-corrected chi connectivity index (χ0v) is 16.7. The fourth-order valence-electron chi connectivity index (χ4n) is 3.36. The molecule has 2 aromatic rings. The molecule has 1 amide bonds. The molecule has 2 aliphatic rings. The molecule has 0 bridgehead atoms. The van der Waals surface area contributed by atoms with Gasteiger partial charge in [-0.3, -0.25) is 4.99 Å². The van der Waals surface area contributed by atoms with Gasteiger partial charge in [-0.1, -0.05) is 0 Å². The van der Waals surface area contributed by atoms with Crippen LogP contribution in [0.3, 0.4) is 0 Å². The molecule has 1 atom stereocenters. The van der Waals surface area contributed by atoms with E-state index in [0.717, 1.165) is 33.3 Å². The van der Waals surface area contributed by atoms with E-state index in [0.29, 0.717) is 19.6 Å². The highest BCUT2D eigenvalue weighted by atomic mass is 79.9. The summed E-state index contributed by atoms with van der Waals surface area (Å²) in [4.78, 5) is 27.8. The van der Waals surface area contributed by atoms with Gasteiger partial charge in [-0.25, -0.2) is 14.8 Å². The number of nitrogens with zero attached hydrogens (tertiary/aromatic N) is 4. The first-order chi connectivity index (χ1) is 12.3. The second kappa shape index (κ2) is 6.30. The zero-order chi connectivity index (χ0) is 18.5. The van der Waals surface area contributed by atoms with Crippen molar-refractivity contribution in [3.63, 3.8) is 0 Å². The Morgan fingerprint density at radius 2 is 2.15 bits per heavy atom. The number of carbonyl (C=O) groups excluding carboxylic acids is 1. The SMILES string of the molecule is CC(C)(C)OC(=O)N1CC[C@@H](c2ncc3cc4c(cc3n2)C(Br)=NC4)C1. The first-order valence-electron chi connectivity index (χ1n) is 8.78. The Hall–Kier alpha value is -2.02. The standard InChI is InChI=1S/C19H21BrN4O2/c1-19(2,3)26-18(25)24-5-4-11(10-24)17-22-9-13-6-12-8-21-16(20)14(12)7-15(13)23-17/h6-7,9,11H,4-5,8,10H2,1-3H3/t11-/m1/s1. The molecule has 0 radical (unpaired) electrons. The third kappa shape index (κ3) is 3.32. The number of likely N-dealkylation sites (tertiary alicyclic amines) is 1. The Morgan fingerprint density at radius 3 is 2.92 bits per heavy atom. The van der Waals surface area contributed by atoms with Crippen molar-refractivity contribution < 1.29 is 9.53 Å². The molecule has 4 rings (SSSR count). The van der Waals surface area contributed by atoms with E-state index in [9.17, 15) is 4.79 Å². The monoisotopic (exact) mass is 416 g/mol. The molecule has 3 heterocycles. The van der Waals surface area contributed by atoms with Gasteiger partial charge in [0.05, 0.1) is 12.1 Å². The average molecular weight is 417 g/mol. The molecule has 6 nitrogen and oxygen atoms in total. The van der Waals surface area contributed by atoms with Crippen LogP contribution in [0.1, 0.15) is 50.1 Å². The molecule has 1 aromatic carbocycles. The van der Waals surface area contributed by atoms with E-state index in [2.05, 4.69) is 38.0 Å². The number of halogens is 1. The summed E-state index contributed by atoms with van der Waals surface area (Å²) in [6.07, 6.45) is 2.46.